The van der Waals surface area contributed by atoms with Crippen LogP contribution in [0, 0.1) is 0 Å². The number of fused-ring (bicyclic) bond motifs is 1. The van der Waals surface area contributed by atoms with Gasteiger partial charge in [0, 0.05) is 37.8 Å². The van der Waals surface area contributed by atoms with Crippen molar-refractivity contribution in [3.8, 4) is 0 Å². The van der Waals surface area contributed by atoms with Gasteiger partial charge in [0.25, 0.3) is 0 Å². The van der Waals surface area contributed by atoms with Gasteiger partial charge in [-0.2, -0.15) is 9.97 Å². The van der Waals surface area contributed by atoms with Crippen LogP contribution >= 0.6 is 42.5 Å². The quantitative estimate of drug-likeness (QED) is 0.227. The van der Waals surface area contributed by atoms with E-state index in [2.05, 4.69) is 20.0 Å². The van der Waals surface area contributed by atoms with E-state index in [1.807, 2.05) is 0 Å². The van der Waals surface area contributed by atoms with E-state index in [0.29, 0.717) is 49.0 Å². The molecule has 4 atom stereocenters. The highest BCUT2D eigenvalue weighted by Crippen LogP contribution is 2.48. The minimum absolute atomic E-state index is 0.0176. The first kappa shape index (κ1) is 26.8. The zero-order valence-corrected chi connectivity index (χ0v) is 20.8. The third kappa shape index (κ3) is 6.46. The molecule has 0 saturated carbocycles. The molecule has 2 aromatic heterocycles. The number of imidazole rings is 1. The largest absolute Gasteiger partial charge is 0.394 e. The first-order chi connectivity index (χ1) is 15.8. The molecule has 0 bridgehead atoms. The summed E-state index contributed by atoms with van der Waals surface area (Å²) in [7, 11) is -2.84. The van der Waals surface area contributed by atoms with Crippen molar-refractivity contribution in [3.05, 3.63) is 11.6 Å². The molecule has 33 heavy (non-hydrogen) atoms. The van der Waals surface area contributed by atoms with Crippen LogP contribution in [0.1, 0.15) is 19.1 Å². The Balaban J connectivity index is 0.000000196. The van der Waals surface area contributed by atoms with Crippen LogP contribution in [0.5, 0.6) is 0 Å². The molecule has 4 heterocycles. The Hall–Kier alpha value is -0.790. The van der Waals surface area contributed by atoms with E-state index >= 15 is 0 Å². The van der Waals surface area contributed by atoms with E-state index in [1.54, 1.807) is 9.24 Å². The lowest BCUT2D eigenvalue weighted by Gasteiger charge is -2.33. The molecule has 12 nitrogen and oxygen atoms in total. The molecule has 1 unspecified atom stereocenters. The van der Waals surface area contributed by atoms with Crippen LogP contribution in [-0.4, -0.2) is 91.2 Å². The van der Waals surface area contributed by atoms with E-state index in [0.717, 1.165) is 13.0 Å². The minimum atomic E-state index is -2.84. The van der Waals surface area contributed by atoms with Gasteiger partial charge in [-0.15, -0.1) is 23.2 Å². The summed E-state index contributed by atoms with van der Waals surface area (Å²) in [6.07, 6.45) is 0.905. The van der Waals surface area contributed by atoms with Crippen molar-refractivity contribution < 1.29 is 24.0 Å². The van der Waals surface area contributed by atoms with E-state index in [-0.39, 0.29) is 17.7 Å². The van der Waals surface area contributed by atoms with E-state index in [1.165, 1.54) is 6.33 Å². The van der Waals surface area contributed by atoms with Crippen molar-refractivity contribution in [2.24, 2.45) is 0 Å². The van der Waals surface area contributed by atoms with Gasteiger partial charge in [-0.1, -0.05) is 0 Å². The maximum absolute atomic E-state index is 12.2. The molecule has 0 radical (unpaired) electrons. The normalized spacial score (nSPS) is 27.6. The Morgan fingerprint density at radius 2 is 2.06 bits per heavy atom. The van der Waals surface area contributed by atoms with Crippen LogP contribution in [-0.2, 0) is 13.8 Å². The van der Waals surface area contributed by atoms with Crippen molar-refractivity contribution >= 4 is 59.5 Å². The van der Waals surface area contributed by atoms with Crippen molar-refractivity contribution in [1.29, 1.82) is 0 Å². The van der Waals surface area contributed by atoms with Crippen molar-refractivity contribution in [1.82, 2.24) is 29.3 Å². The zero-order chi connectivity index (χ0) is 24.0. The topological polar surface area (TPSA) is 161 Å². The van der Waals surface area contributed by atoms with Crippen molar-refractivity contribution in [3.63, 3.8) is 0 Å². The highest BCUT2D eigenvalue weighted by molar-refractivity contribution is 7.54. The lowest BCUT2D eigenvalue weighted by molar-refractivity contribution is -0.0432. The molecule has 2 aliphatic rings. The molecule has 4 rings (SSSR count). The van der Waals surface area contributed by atoms with Gasteiger partial charge in [-0.25, -0.2) is 14.7 Å². The summed E-state index contributed by atoms with van der Waals surface area (Å²) < 4.78 is 26.3. The Kier molecular flexibility index (Phi) is 9.96. The number of alkyl halides is 2. The Morgan fingerprint density at radius 3 is 2.64 bits per heavy atom. The van der Waals surface area contributed by atoms with E-state index in [9.17, 15) is 9.67 Å². The lowest BCUT2D eigenvalue weighted by Crippen LogP contribution is -2.35. The van der Waals surface area contributed by atoms with E-state index < -0.39 is 26.1 Å². The van der Waals surface area contributed by atoms with Gasteiger partial charge >= 0.3 is 7.67 Å². The third-order valence-corrected chi connectivity index (χ3v) is 7.88. The standard InChI is InChI=1S/C10H12ClN5O3.C7H15Cl2N2O2P/c11-10-14-8(12)7-9(15-10)16(3-13-7)6-1-4(18)5(2-17)19-6;8-2-5-11(6-3-9)14(12)10-4-1-7-13-14/h3-6,17-18H,1-2H2,(H2,12,14,15);1-7H2,(H,10,12)/t4-,5+,6+;/m0./s1. The van der Waals surface area contributed by atoms with Crippen LogP contribution in [0.15, 0.2) is 6.33 Å². The number of anilines is 1. The fourth-order valence-electron chi connectivity index (χ4n) is 3.45. The van der Waals surface area contributed by atoms with E-state index in [4.69, 9.17) is 54.9 Å². The molecule has 0 spiro atoms. The number of hydrogen-bond donors (Lipinski definition) is 4. The third-order valence-electron chi connectivity index (χ3n) is 5.07. The molecule has 0 aliphatic carbocycles. The Morgan fingerprint density at radius 1 is 1.33 bits per heavy atom. The second-order valence-corrected chi connectivity index (χ2v) is 10.5. The maximum atomic E-state index is 12.2. The summed E-state index contributed by atoms with van der Waals surface area (Å²) in [4.78, 5) is 12.0. The zero-order valence-electron chi connectivity index (χ0n) is 17.7. The number of hydrogen-bond acceptors (Lipinski definition) is 9. The Bertz CT molecular complexity index is 954. The number of nitrogen functional groups attached to an aromatic ring is 1. The number of nitrogens with two attached hydrogens (primary N) is 1. The number of ether oxygens (including phenoxy) is 1. The fourth-order valence-corrected chi connectivity index (χ4v) is 6.26. The van der Waals surface area contributed by atoms with Gasteiger partial charge in [-0.05, 0) is 18.0 Å². The van der Waals surface area contributed by atoms with Gasteiger partial charge < -0.3 is 25.2 Å². The van der Waals surface area contributed by atoms with Gasteiger partial charge in [0.15, 0.2) is 11.5 Å². The molecule has 2 saturated heterocycles. The molecule has 2 aliphatic heterocycles. The van der Waals surface area contributed by atoms with Gasteiger partial charge in [0.05, 0.1) is 25.6 Å². The monoisotopic (exact) mass is 545 g/mol. The minimum Gasteiger partial charge on any atom is -0.394 e. The van der Waals surface area contributed by atoms with Crippen LogP contribution in [0.3, 0.4) is 0 Å². The number of aromatic nitrogens is 4. The predicted octanol–water partition coefficient (Wildman–Crippen LogP) is 1.59. The summed E-state index contributed by atoms with van der Waals surface area (Å²) in [5, 5.41) is 21.7. The first-order valence-electron chi connectivity index (χ1n) is 10.3. The summed E-state index contributed by atoms with van der Waals surface area (Å²) in [6.45, 7) is 2.06. The molecule has 0 amide bonds. The number of aliphatic hydroxyl groups is 2. The molecular formula is C17H27Cl3N7O5P. The summed E-state index contributed by atoms with van der Waals surface area (Å²) in [6, 6.07) is 0. The molecule has 2 aromatic rings. The predicted molar refractivity (Wildman–Crippen MR) is 126 cm³/mol. The fraction of sp³-hybridized carbons (Fsp3) is 0.706. The average molecular weight is 547 g/mol. The second kappa shape index (κ2) is 12.3. The average Bonchev–Trinajstić information content (AvgIpc) is 3.37. The number of nitrogens with zero attached hydrogens (tertiary/aromatic N) is 5. The molecule has 5 N–H and O–H groups in total. The van der Waals surface area contributed by atoms with Crippen molar-refractivity contribution in [2.45, 2.75) is 31.3 Å². The molecule has 16 heteroatoms. The summed E-state index contributed by atoms with van der Waals surface area (Å²) in [5.74, 6) is 1.03. The lowest BCUT2D eigenvalue weighted by atomic mass is 10.2. The summed E-state index contributed by atoms with van der Waals surface area (Å²) in [5.41, 5.74) is 6.57. The molecular weight excluding hydrogens is 520 g/mol. The summed E-state index contributed by atoms with van der Waals surface area (Å²) >= 11 is 17.0. The smallest absolute Gasteiger partial charge is 0.343 e. The Labute approximate surface area is 205 Å². The highest BCUT2D eigenvalue weighted by atomic mass is 35.5. The second-order valence-electron chi connectivity index (χ2n) is 7.26. The number of nitrogens with one attached hydrogen (secondary N) is 1. The number of aliphatic hydroxyl groups excluding tert-OH is 2. The SMILES string of the molecule is Nc1nc(Cl)nc2c1ncn2[C@H]1C[C@H](O)[C@@H](CO)O1.O=P1(N(CCCl)CCCl)NCCCO1. The van der Waals surface area contributed by atoms with Gasteiger partial charge in [0.1, 0.15) is 17.8 Å². The molecule has 0 aromatic carbocycles. The maximum Gasteiger partial charge on any atom is 0.343 e. The molecule has 186 valence electrons. The highest BCUT2D eigenvalue weighted by Gasteiger charge is 2.35. The first-order valence-corrected chi connectivity index (χ1v) is 13.3. The molecule has 2 fully saturated rings. The van der Waals surface area contributed by atoms with Crippen molar-refractivity contribution in [2.75, 3.05) is 50.3 Å². The van der Waals surface area contributed by atoms with Gasteiger partial charge in [0.2, 0.25) is 5.28 Å². The van der Waals surface area contributed by atoms with Gasteiger partial charge in [-0.3, -0.25) is 9.13 Å². The number of halogens is 3. The number of rotatable bonds is 7. The van der Waals surface area contributed by atoms with Crippen LogP contribution in [0.25, 0.3) is 11.2 Å². The van der Waals surface area contributed by atoms with Crippen LogP contribution in [0.4, 0.5) is 5.82 Å². The van der Waals surface area contributed by atoms with Crippen LogP contribution in [0.2, 0.25) is 5.28 Å². The van der Waals surface area contributed by atoms with Crippen LogP contribution < -0.4 is 10.8 Å².